The SMILES string of the molecule is COc1ccc(CN=C(NCCCSC)NCc2nnc(C)n2C)cc1. The minimum Gasteiger partial charge on any atom is -0.497 e. The first-order valence-electron chi connectivity index (χ1n) is 8.63. The van der Waals surface area contributed by atoms with Crippen molar-refractivity contribution in [1.29, 1.82) is 0 Å². The zero-order valence-electron chi connectivity index (χ0n) is 16.0. The molecule has 0 bridgehead atoms. The third-order valence-corrected chi connectivity index (χ3v) is 4.69. The van der Waals surface area contributed by atoms with E-state index in [9.17, 15) is 0 Å². The first-order valence-corrected chi connectivity index (χ1v) is 10.0. The van der Waals surface area contributed by atoms with Gasteiger partial charge in [0.2, 0.25) is 0 Å². The van der Waals surface area contributed by atoms with Gasteiger partial charge in [0, 0.05) is 13.6 Å². The molecule has 0 aliphatic carbocycles. The Labute approximate surface area is 159 Å². The Morgan fingerprint density at radius 3 is 2.62 bits per heavy atom. The second-order valence-electron chi connectivity index (χ2n) is 5.86. The van der Waals surface area contributed by atoms with Gasteiger partial charge in [0.1, 0.15) is 11.6 Å². The Hall–Kier alpha value is -2.22. The van der Waals surface area contributed by atoms with E-state index in [2.05, 4.69) is 32.1 Å². The van der Waals surface area contributed by atoms with Crippen molar-refractivity contribution >= 4 is 17.7 Å². The molecule has 2 rings (SSSR count). The fourth-order valence-corrected chi connectivity index (χ4v) is 2.70. The number of hydrogen-bond donors (Lipinski definition) is 2. The second-order valence-corrected chi connectivity index (χ2v) is 6.85. The van der Waals surface area contributed by atoms with E-state index in [4.69, 9.17) is 4.74 Å². The van der Waals surface area contributed by atoms with Crippen molar-refractivity contribution in [3.63, 3.8) is 0 Å². The van der Waals surface area contributed by atoms with Crippen LogP contribution in [0.2, 0.25) is 0 Å². The van der Waals surface area contributed by atoms with Crippen molar-refractivity contribution in [3.05, 3.63) is 41.5 Å². The third-order valence-electron chi connectivity index (χ3n) is 3.99. The number of ether oxygens (including phenoxy) is 1. The molecule has 0 fully saturated rings. The Kier molecular flexibility index (Phi) is 8.27. The fourth-order valence-electron chi connectivity index (χ4n) is 2.27. The lowest BCUT2D eigenvalue weighted by atomic mass is 10.2. The van der Waals surface area contributed by atoms with Crippen LogP contribution in [0.4, 0.5) is 0 Å². The summed E-state index contributed by atoms with van der Waals surface area (Å²) in [7, 11) is 3.63. The third kappa shape index (κ3) is 6.25. The van der Waals surface area contributed by atoms with E-state index in [1.165, 1.54) is 0 Å². The van der Waals surface area contributed by atoms with Gasteiger partial charge in [-0.25, -0.2) is 4.99 Å². The number of aryl methyl sites for hydroxylation is 1. The van der Waals surface area contributed by atoms with Crippen LogP contribution >= 0.6 is 11.8 Å². The van der Waals surface area contributed by atoms with E-state index in [1.807, 2.05) is 54.6 Å². The van der Waals surface area contributed by atoms with Crippen molar-refractivity contribution in [2.75, 3.05) is 25.7 Å². The Morgan fingerprint density at radius 1 is 1.23 bits per heavy atom. The normalized spacial score (nSPS) is 11.5. The highest BCUT2D eigenvalue weighted by atomic mass is 32.2. The molecule has 26 heavy (non-hydrogen) atoms. The molecule has 1 aromatic heterocycles. The molecule has 0 unspecified atom stereocenters. The van der Waals surface area contributed by atoms with Crippen LogP contribution in [0.15, 0.2) is 29.3 Å². The average molecular weight is 377 g/mol. The molecule has 0 spiro atoms. The average Bonchev–Trinajstić information content (AvgIpc) is 2.99. The molecule has 1 heterocycles. The Balaban J connectivity index is 1.97. The van der Waals surface area contributed by atoms with E-state index in [1.54, 1.807) is 7.11 Å². The summed E-state index contributed by atoms with van der Waals surface area (Å²) in [6, 6.07) is 7.96. The molecule has 2 N–H and O–H groups in total. The first kappa shape index (κ1) is 20.1. The van der Waals surface area contributed by atoms with Crippen LogP contribution in [0.3, 0.4) is 0 Å². The number of thioether (sulfide) groups is 1. The molecule has 0 amide bonds. The lowest BCUT2D eigenvalue weighted by Crippen LogP contribution is -2.38. The van der Waals surface area contributed by atoms with Crippen LogP contribution in [0.5, 0.6) is 5.75 Å². The maximum atomic E-state index is 5.19. The largest absolute Gasteiger partial charge is 0.497 e. The highest BCUT2D eigenvalue weighted by Crippen LogP contribution is 2.11. The Bertz CT molecular complexity index is 698. The number of aromatic nitrogens is 3. The van der Waals surface area contributed by atoms with Crippen LogP contribution in [-0.4, -0.2) is 46.4 Å². The molecule has 0 saturated carbocycles. The van der Waals surface area contributed by atoms with E-state index in [-0.39, 0.29) is 0 Å². The molecule has 0 aliphatic heterocycles. The summed E-state index contributed by atoms with van der Waals surface area (Å²) in [6.07, 6.45) is 3.21. The zero-order chi connectivity index (χ0) is 18.8. The van der Waals surface area contributed by atoms with Crippen LogP contribution in [0.1, 0.15) is 23.6 Å². The topological polar surface area (TPSA) is 76.4 Å². The van der Waals surface area contributed by atoms with Crippen molar-refractivity contribution in [1.82, 2.24) is 25.4 Å². The van der Waals surface area contributed by atoms with Gasteiger partial charge >= 0.3 is 0 Å². The number of methoxy groups -OCH3 is 1. The number of nitrogens with one attached hydrogen (secondary N) is 2. The van der Waals surface area contributed by atoms with Gasteiger partial charge in [-0.1, -0.05) is 12.1 Å². The fraction of sp³-hybridized carbons (Fsp3) is 0.500. The number of guanidine groups is 1. The van der Waals surface area contributed by atoms with Crippen LogP contribution in [0, 0.1) is 6.92 Å². The molecule has 142 valence electrons. The van der Waals surface area contributed by atoms with Crippen molar-refractivity contribution in [2.45, 2.75) is 26.4 Å². The van der Waals surface area contributed by atoms with Crippen molar-refractivity contribution in [2.24, 2.45) is 12.0 Å². The lowest BCUT2D eigenvalue weighted by Gasteiger charge is -2.12. The summed E-state index contributed by atoms with van der Waals surface area (Å²) >= 11 is 1.85. The lowest BCUT2D eigenvalue weighted by molar-refractivity contribution is 0.414. The molecule has 2 aromatic rings. The van der Waals surface area contributed by atoms with Gasteiger partial charge in [-0.3, -0.25) is 0 Å². The number of rotatable bonds is 9. The summed E-state index contributed by atoms with van der Waals surface area (Å²) in [4.78, 5) is 4.69. The van der Waals surface area contributed by atoms with E-state index in [0.717, 1.165) is 47.6 Å². The Morgan fingerprint density at radius 2 is 2.00 bits per heavy atom. The van der Waals surface area contributed by atoms with Gasteiger partial charge in [-0.2, -0.15) is 11.8 Å². The van der Waals surface area contributed by atoms with Gasteiger partial charge in [-0.15, -0.1) is 10.2 Å². The number of aliphatic imine (C=N–C) groups is 1. The van der Waals surface area contributed by atoms with Gasteiger partial charge in [0.25, 0.3) is 0 Å². The maximum absolute atomic E-state index is 5.19. The summed E-state index contributed by atoms with van der Waals surface area (Å²) in [5.74, 6) is 4.53. The molecule has 0 radical (unpaired) electrons. The summed E-state index contributed by atoms with van der Waals surface area (Å²) < 4.78 is 7.17. The minimum atomic E-state index is 0.578. The van der Waals surface area contributed by atoms with Crippen molar-refractivity contribution < 1.29 is 4.74 Å². The van der Waals surface area contributed by atoms with Gasteiger partial charge in [0.05, 0.1) is 20.2 Å². The molecule has 8 heteroatoms. The van der Waals surface area contributed by atoms with E-state index < -0.39 is 0 Å². The highest BCUT2D eigenvalue weighted by molar-refractivity contribution is 7.98. The van der Waals surface area contributed by atoms with E-state index in [0.29, 0.717) is 13.1 Å². The smallest absolute Gasteiger partial charge is 0.191 e. The van der Waals surface area contributed by atoms with Gasteiger partial charge in [-0.05, 0) is 43.0 Å². The number of benzene rings is 1. The summed E-state index contributed by atoms with van der Waals surface area (Å²) in [5.41, 5.74) is 1.13. The van der Waals surface area contributed by atoms with Crippen molar-refractivity contribution in [3.8, 4) is 5.75 Å². The predicted octanol–water partition coefficient (Wildman–Crippen LogP) is 2.12. The molecule has 0 atom stereocenters. The summed E-state index contributed by atoms with van der Waals surface area (Å²) in [5, 5.41) is 15.0. The standard InChI is InChI=1S/C18H28N6OS/c1-14-22-23-17(24(14)2)13-21-18(19-10-5-11-26-4)20-12-15-6-8-16(25-3)9-7-15/h6-9H,5,10-13H2,1-4H3,(H2,19,20,21). The second kappa shape index (κ2) is 10.7. The molecular formula is C18H28N6OS. The van der Waals surface area contributed by atoms with Crippen LogP contribution in [0.25, 0.3) is 0 Å². The van der Waals surface area contributed by atoms with Crippen LogP contribution in [-0.2, 0) is 20.1 Å². The monoisotopic (exact) mass is 376 g/mol. The molecular weight excluding hydrogens is 348 g/mol. The zero-order valence-corrected chi connectivity index (χ0v) is 16.8. The quantitative estimate of drug-likeness (QED) is 0.397. The van der Waals surface area contributed by atoms with Gasteiger partial charge in [0.15, 0.2) is 11.8 Å². The molecule has 0 saturated heterocycles. The molecule has 0 aliphatic rings. The maximum Gasteiger partial charge on any atom is 0.191 e. The first-order chi connectivity index (χ1) is 12.6. The highest BCUT2D eigenvalue weighted by Gasteiger charge is 2.06. The van der Waals surface area contributed by atoms with Gasteiger partial charge < -0.3 is 19.9 Å². The minimum absolute atomic E-state index is 0.578. The van der Waals surface area contributed by atoms with E-state index >= 15 is 0 Å². The molecule has 7 nitrogen and oxygen atoms in total. The summed E-state index contributed by atoms with van der Waals surface area (Å²) in [6.45, 7) is 4.00. The molecule has 1 aromatic carbocycles. The number of hydrogen-bond acceptors (Lipinski definition) is 5. The number of nitrogens with zero attached hydrogens (tertiary/aromatic N) is 4. The predicted molar refractivity (Wildman–Crippen MR) is 108 cm³/mol. The van der Waals surface area contributed by atoms with Crippen LogP contribution < -0.4 is 15.4 Å².